The van der Waals surface area contributed by atoms with Crippen molar-refractivity contribution >= 4 is 29.6 Å². The first-order valence-corrected chi connectivity index (χ1v) is 8.58. The normalized spacial score (nSPS) is 12.0. The van der Waals surface area contributed by atoms with E-state index < -0.39 is 0 Å². The number of hydrogen-bond acceptors (Lipinski definition) is 6. The molecule has 0 aromatic carbocycles. The molecule has 2 heterocycles. The summed E-state index contributed by atoms with van der Waals surface area (Å²) in [5.74, 6) is 1.35. The molecule has 1 amide bonds. The third-order valence-electron chi connectivity index (χ3n) is 3.67. The van der Waals surface area contributed by atoms with Crippen LogP contribution in [0.15, 0.2) is 6.07 Å². The van der Waals surface area contributed by atoms with Gasteiger partial charge in [-0.05, 0) is 51.7 Å². The minimum Gasteiger partial charge on any atom is -0.351 e. The van der Waals surface area contributed by atoms with E-state index in [2.05, 4.69) is 52.4 Å². The van der Waals surface area contributed by atoms with Crippen molar-refractivity contribution in [2.24, 2.45) is 0 Å². The van der Waals surface area contributed by atoms with Gasteiger partial charge in [-0.2, -0.15) is 15.0 Å². The van der Waals surface area contributed by atoms with Gasteiger partial charge in [0.25, 0.3) is 0 Å². The van der Waals surface area contributed by atoms with E-state index >= 15 is 0 Å². The number of nitrogens with one attached hydrogen (secondary N) is 2. The second-order valence-electron chi connectivity index (χ2n) is 5.52. The summed E-state index contributed by atoms with van der Waals surface area (Å²) in [5.41, 5.74) is 1.42. The second kappa shape index (κ2) is 8.01. The summed E-state index contributed by atoms with van der Waals surface area (Å²) >= 11 is 1.85. The molecule has 6 nitrogen and oxygen atoms in total. The molecule has 0 saturated carbocycles. The molecular weight excluding hydrogens is 310 g/mol. The molecule has 0 aliphatic rings. The van der Waals surface area contributed by atoms with E-state index in [4.69, 9.17) is 0 Å². The lowest BCUT2D eigenvalue weighted by molar-refractivity contribution is -0.105. The Morgan fingerprint density at radius 2 is 1.96 bits per heavy atom. The topological polar surface area (TPSA) is 79.8 Å². The number of anilines is 2. The number of aromatic nitrogens is 3. The third kappa shape index (κ3) is 4.99. The molecule has 2 aromatic rings. The van der Waals surface area contributed by atoms with Gasteiger partial charge in [0.2, 0.25) is 18.3 Å². The van der Waals surface area contributed by atoms with Crippen LogP contribution < -0.4 is 10.6 Å². The summed E-state index contributed by atoms with van der Waals surface area (Å²) in [6.45, 7) is 8.24. The Morgan fingerprint density at radius 1 is 1.22 bits per heavy atom. The van der Waals surface area contributed by atoms with Crippen LogP contribution in [0, 0.1) is 20.8 Å². The van der Waals surface area contributed by atoms with E-state index in [1.54, 1.807) is 6.92 Å². The minimum absolute atomic E-state index is 0.272. The van der Waals surface area contributed by atoms with E-state index in [1.165, 1.54) is 15.3 Å². The molecule has 2 N–H and O–H groups in total. The average molecular weight is 333 g/mol. The van der Waals surface area contributed by atoms with E-state index in [9.17, 15) is 4.79 Å². The lowest BCUT2D eigenvalue weighted by atomic mass is 10.0. The van der Waals surface area contributed by atoms with Crippen molar-refractivity contribution in [3.63, 3.8) is 0 Å². The van der Waals surface area contributed by atoms with Crippen molar-refractivity contribution in [1.82, 2.24) is 15.0 Å². The van der Waals surface area contributed by atoms with Gasteiger partial charge in [0.1, 0.15) is 5.82 Å². The summed E-state index contributed by atoms with van der Waals surface area (Å²) in [4.78, 5) is 25.9. The molecule has 2 aromatic heterocycles. The van der Waals surface area contributed by atoms with Crippen LogP contribution in [-0.2, 0) is 11.2 Å². The predicted octanol–water partition coefficient (Wildman–Crippen LogP) is 3.25. The molecule has 2 rings (SSSR count). The fraction of sp³-hybridized carbons (Fsp3) is 0.500. The maximum Gasteiger partial charge on any atom is 0.234 e. The van der Waals surface area contributed by atoms with Crippen LogP contribution in [-0.4, -0.2) is 27.4 Å². The van der Waals surface area contributed by atoms with Crippen LogP contribution >= 0.6 is 11.3 Å². The number of rotatable bonds is 8. The van der Waals surface area contributed by atoms with Gasteiger partial charge >= 0.3 is 0 Å². The van der Waals surface area contributed by atoms with Gasteiger partial charge in [0, 0.05) is 15.8 Å². The Morgan fingerprint density at radius 3 is 2.57 bits per heavy atom. The van der Waals surface area contributed by atoms with Crippen molar-refractivity contribution in [1.29, 1.82) is 0 Å². The summed E-state index contributed by atoms with van der Waals surface area (Å²) in [6, 6.07) is 2.55. The van der Waals surface area contributed by atoms with Crippen molar-refractivity contribution in [3.8, 4) is 0 Å². The standard InChI is InChI=1S/C16H23N5OS/c1-5-14(7-6-13-8-10(2)23-11(13)3)20-16-19-12(4)18-15(21-16)17-9-22/h8-9,14H,5-7H2,1-4H3,(H2,17,18,19,20,21,22). The lowest BCUT2D eigenvalue weighted by Gasteiger charge is -2.17. The second-order valence-corrected chi connectivity index (χ2v) is 6.98. The van der Waals surface area contributed by atoms with E-state index in [0.29, 0.717) is 18.2 Å². The molecule has 1 unspecified atom stereocenters. The van der Waals surface area contributed by atoms with E-state index in [-0.39, 0.29) is 12.0 Å². The fourth-order valence-corrected chi connectivity index (χ4v) is 3.46. The summed E-state index contributed by atoms with van der Waals surface area (Å²) in [6.07, 6.45) is 3.58. The third-order valence-corrected chi connectivity index (χ3v) is 4.68. The van der Waals surface area contributed by atoms with Crippen molar-refractivity contribution in [2.45, 2.75) is 53.0 Å². The Bertz CT molecular complexity index is 670. The molecule has 0 radical (unpaired) electrons. The number of nitrogens with zero attached hydrogens (tertiary/aromatic N) is 3. The summed E-state index contributed by atoms with van der Waals surface area (Å²) in [7, 11) is 0. The number of thiophene rings is 1. The first-order chi connectivity index (χ1) is 11.0. The van der Waals surface area contributed by atoms with Gasteiger partial charge in [0.15, 0.2) is 0 Å². The van der Waals surface area contributed by atoms with Gasteiger partial charge in [0.05, 0.1) is 0 Å². The highest BCUT2D eigenvalue weighted by Crippen LogP contribution is 2.23. The molecule has 23 heavy (non-hydrogen) atoms. The minimum atomic E-state index is 0.272. The monoisotopic (exact) mass is 333 g/mol. The van der Waals surface area contributed by atoms with Gasteiger partial charge in [-0.25, -0.2) is 0 Å². The van der Waals surface area contributed by atoms with Gasteiger partial charge in [-0.15, -0.1) is 11.3 Å². The van der Waals surface area contributed by atoms with Crippen LogP contribution in [0.4, 0.5) is 11.9 Å². The lowest BCUT2D eigenvalue weighted by Crippen LogP contribution is -2.22. The first-order valence-electron chi connectivity index (χ1n) is 7.77. The largest absolute Gasteiger partial charge is 0.351 e. The highest BCUT2D eigenvalue weighted by molar-refractivity contribution is 7.12. The molecule has 7 heteroatoms. The Balaban J connectivity index is 2.01. The fourth-order valence-electron chi connectivity index (χ4n) is 2.49. The molecule has 0 saturated heterocycles. The maximum atomic E-state index is 10.5. The average Bonchev–Trinajstić information content (AvgIpc) is 2.81. The van der Waals surface area contributed by atoms with Crippen LogP contribution in [0.3, 0.4) is 0 Å². The first kappa shape index (κ1) is 17.3. The van der Waals surface area contributed by atoms with Crippen LogP contribution in [0.1, 0.15) is 40.9 Å². The maximum absolute atomic E-state index is 10.5. The van der Waals surface area contributed by atoms with Crippen LogP contribution in [0.5, 0.6) is 0 Å². The Kier molecular flexibility index (Phi) is 6.04. The zero-order valence-corrected chi connectivity index (χ0v) is 14.8. The molecule has 124 valence electrons. The molecule has 0 spiro atoms. The number of amides is 1. The summed E-state index contributed by atoms with van der Waals surface area (Å²) in [5, 5.41) is 5.82. The molecule has 1 atom stereocenters. The zero-order valence-electron chi connectivity index (χ0n) is 14.0. The van der Waals surface area contributed by atoms with Gasteiger partial charge in [-0.3, -0.25) is 10.1 Å². The van der Waals surface area contributed by atoms with E-state index in [0.717, 1.165) is 19.3 Å². The number of hydrogen-bond donors (Lipinski definition) is 2. The molecule has 0 aliphatic carbocycles. The van der Waals surface area contributed by atoms with Gasteiger partial charge < -0.3 is 5.32 Å². The number of aryl methyl sites for hydroxylation is 4. The molecular formula is C16H23N5OS. The highest BCUT2D eigenvalue weighted by atomic mass is 32.1. The van der Waals surface area contributed by atoms with Crippen LogP contribution in [0.2, 0.25) is 0 Å². The molecule has 0 aliphatic heterocycles. The van der Waals surface area contributed by atoms with Crippen LogP contribution in [0.25, 0.3) is 0 Å². The molecule has 0 bridgehead atoms. The van der Waals surface area contributed by atoms with Crippen molar-refractivity contribution < 1.29 is 4.79 Å². The SMILES string of the molecule is CCC(CCc1cc(C)sc1C)Nc1nc(C)nc(NC=O)n1. The van der Waals surface area contributed by atoms with Gasteiger partial charge in [-0.1, -0.05) is 6.92 Å². The number of carbonyl (C=O) groups is 1. The Hall–Kier alpha value is -2.02. The quantitative estimate of drug-likeness (QED) is 0.725. The summed E-state index contributed by atoms with van der Waals surface area (Å²) < 4.78 is 0. The highest BCUT2D eigenvalue weighted by Gasteiger charge is 2.12. The Labute approximate surface area is 140 Å². The smallest absolute Gasteiger partial charge is 0.234 e. The number of carbonyl (C=O) groups excluding carboxylic acids is 1. The van der Waals surface area contributed by atoms with Crippen molar-refractivity contribution in [2.75, 3.05) is 10.6 Å². The zero-order chi connectivity index (χ0) is 16.8. The van der Waals surface area contributed by atoms with E-state index in [1.807, 2.05) is 11.3 Å². The predicted molar refractivity (Wildman–Crippen MR) is 94.1 cm³/mol. The molecule has 0 fully saturated rings. The van der Waals surface area contributed by atoms with Crippen molar-refractivity contribution in [3.05, 3.63) is 27.2 Å².